The molecule has 4 bridgehead atoms. The predicted molar refractivity (Wildman–Crippen MR) is 89.1 cm³/mol. The number of carbonyl (C=O) groups is 1. The molecule has 1 saturated heterocycles. The van der Waals surface area contributed by atoms with E-state index in [0.717, 1.165) is 56.7 Å². The van der Waals surface area contributed by atoms with Crippen molar-refractivity contribution in [3.05, 3.63) is 0 Å². The first kappa shape index (κ1) is 14.7. The highest BCUT2D eigenvalue weighted by atomic mass is 16.4. The van der Waals surface area contributed by atoms with Crippen LogP contribution in [-0.2, 0) is 4.79 Å². The molecule has 6 aliphatic rings. The summed E-state index contributed by atoms with van der Waals surface area (Å²) in [5.41, 5.74) is 0.254. The molecule has 1 N–H and O–H groups in total. The van der Waals surface area contributed by atoms with Gasteiger partial charge in [0.1, 0.15) is 0 Å². The number of rotatable bonds is 4. The van der Waals surface area contributed by atoms with Gasteiger partial charge in [0.15, 0.2) is 0 Å². The van der Waals surface area contributed by atoms with E-state index in [0.29, 0.717) is 11.3 Å². The highest BCUT2D eigenvalue weighted by Crippen LogP contribution is 2.61. The third kappa shape index (κ3) is 2.22. The lowest BCUT2D eigenvalue weighted by molar-refractivity contribution is -0.149. The Morgan fingerprint density at radius 2 is 1.74 bits per heavy atom. The summed E-state index contributed by atoms with van der Waals surface area (Å²) in [7, 11) is 0. The fourth-order valence-corrected chi connectivity index (χ4v) is 7.90. The minimum Gasteiger partial charge on any atom is -0.481 e. The van der Waals surface area contributed by atoms with Crippen molar-refractivity contribution < 1.29 is 9.90 Å². The van der Waals surface area contributed by atoms with E-state index in [1.165, 1.54) is 44.9 Å². The van der Waals surface area contributed by atoms with E-state index < -0.39 is 5.97 Å². The van der Waals surface area contributed by atoms with Gasteiger partial charge in [0.05, 0.1) is 5.41 Å². The Balaban J connectivity index is 1.25. The first-order valence-electron chi connectivity index (χ1n) is 10.0. The number of hydrogen-bond donors (Lipinski definition) is 1. The molecule has 0 amide bonds. The molecule has 0 aromatic rings. The van der Waals surface area contributed by atoms with Crippen molar-refractivity contribution in [2.45, 2.75) is 64.2 Å². The maximum absolute atomic E-state index is 11.8. The highest BCUT2D eigenvalue weighted by molar-refractivity contribution is 5.76. The van der Waals surface area contributed by atoms with Crippen molar-refractivity contribution >= 4 is 5.97 Å². The zero-order valence-electron chi connectivity index (χ0n) is 14.3. The SMILES string of the molecule is O=C(O)[C@@]12CCC[C@H]1CN(CCC13CC4CC(CC(C4)C1)C3)C2. The molecule has 0 aromatic heterocycles. The van der Waals surface area contributed by atoms with Gasteiger partial charge in [-0.25, -0.2) is 0 Å². The standard InChI is InChI=1S/C20H31NO2/c22-18(23)20-3-1-2-17(20)12-21(13-20)5-4-19-9-14-6-15(10-19)8-16(7-14)11-19/h14-17H,1-13H2,(H,22,23)/t14?,15?,16?,17-,19?,20+/m0/s1. The summed E-state index contributed by atoms with van der Waals surface area (Å²) < 4.78 is 0. The van der Waals surface area contributed by atoms with E-state index in [4.69, 9.17) is 0 Å². The quantitative estimate of drug-likeness (QED) is 0.858. The molecule has 0 spiro atoms. The Hall–Kier alpha value is -0.570. The number of nitrogens with zero attached hydrogens (tertiary/aromatic N) is 1. The molecule has 5 saturated carbocycles. The Morgan fingerprint density at radius 3 is 2.30 bits per heavy atom. The molecule has 1 aliphatic heterocycles. The largest absolute Gasteiger partial charge is 0.481 e. The second-order valence-corrected chi connectivity index (χ2v) is 9.95. The van der Waals surface area contributed by atoms with Gasteiger partial charge in [-0.3, -0.25) is 4.79 Å². The topological polar surface area (TPSA) is 40.5 Å². The molecule has 0 aromatic carbocycles. The number of likely N-dealkylation sites (tertiary alicyclic amines) is 1. The van der Waals surface area contributed by atoms with Crippen molar-refractivity contribution in [2.75, 3.05) is 19.6 Å². The predicted octanol–water partition coefficient (Wildman–Crippen LogP) is 3.78. The van der Waals surface area contributed by atoms with Crippen LogP contribution in [0.1, 0.15) is 64.2 Å². The van der Waals surface area contributed by atoms with Crippen LogP contribution in [0.25, 0.3) is 0 Å². The zero-order chi connectivity index (χ0) is 15.7. The van der Waals surface area contributed by atoms with Gasteiger partial charge in [0.25, 0.3) is 0 Å². The van der Waals surface area contributed by atoms with Crippen LogP contribution in [0, 0.1) is 34.5 Å². The smallest absolute Gasteiger partial charge is 0.311 e. The van der Waals surface area contributed by atoms with E-state index in [-0.39, 0.29) is 5.41 Å². The van der Waals surface area contributed by atoms with E-state index >= 15 is 0 Å². The summed E-state index contributed by atoms with van der Waals surface area (Å²) in [4.78, 5) is 14.4. The van der Waals surface area contributed by atoms with Crippen LogP contribution in [0.5, 0.6) is 0 Å². The Labute approximate surface area is 139 Å². The first-order valence-corrected chi connectivity index (χ1v) is 10.0. The van der Waals surface area contributed by atoms with Crippen LogP contribution < -0.4 is 0 Å². The van der Waals surface area contributed by atoms with Crippen LogP contribution >= 0.6 is 0 Å². The van der Waals surface area contributed by atoms with Crippen molar-refractivity contribution in [3.8, 4) is 0 Å². The number of hydrogen-bond acceptors (Lipinski definition) is 2. The zero-order valence-corrected chi connectivity index (χ0v) is 14.3. The van der Waals surface area contributed by atoms with Crippen LogP contribution in [0.15, 0.2) is 0 Å². The first-order chi connectivity index (χ1) is 11.1. The van der Waals surface area contributed by atoms with Gasteiger partial charge in [-0.05, 0) is 93.4 Å². The van der Waals surface area contributed by atoms with Gasteiger partial charge >= 0.3 is 5.97 Å². The summed E-state index contributed by atoms with van der Waals surface area (Å²) >= 11 is 0. The molecular weight excluding hydrogens is 286 g/mol. The molecule has 1 heterocycles. The summed E-state index contributed by atoms with van der Waals surface area (Å²) in [6.07, 6.45) is 13.5. The second kappa shape index (κ2) is 4.97. The van der Waals surface area contributed by atoms with Crippen LogP contribution in [0.2, 0.25) is 0 Å². The normalized spacial score (nSPS) is 51.3. The summed E-state index contributed by atoms with van der Waals surface area (Å²) in [6, 6.07) is 0. The molecule has 3 nitrogen and oxygen atoms in total. The number of fused-ring (bicyclic) bond motifs is 1. The fraction of sp³-hybridized carbons (Fsp3) is 0.950. The third-order valence-corrected chi connectivity index (χ3v) is 8.49. The molecule has 2 atom stereocenters. The van der Waals surface area contributed by atoms with Crippen LogP contribution in [0.4, 0.5) is 0 Å². The molecule has 0 radical (unpaired) electrons. The van der Waals surface area contributed by atoms with Gasteiger partial charge < -0.3 is 10.0 Å². The lowest BCUT2D eigenvalue weighted by Gasteiger charge is -2.57. The molecule has 5 aliphatic carbocycles. The summed E-state index contributed by atoms with van der Waals surface area (Å²) in [6.45, 7) is 3.05. The second-order valence-electron chi connectivity index (χ2n) is 9.95. The van der Waals surface area contributed by atoms with Gasteiger partial charge in [-0.1, -0.05) is 6.42 Å². The Morgan fingerprint density at radius 1 is 1.09 bits per heavy atom. The van der Waals surface area contributed by atoms with E-state index in [2.05, 4.69) is 4.90 Å². The molecule has 3 heteroatoms. The van der Waals surface area contributed by atoms with Gasteiger partial charge in [0.2, 0.25) is 0 Å². The lowest BCUT2D eigenvalue weighted by atomic mass is 9.49. The number of carboxylic acids is 1. The van der Waals surface area contributed by atoms with Crippen LogP contribution in [-0.4, -0.2) is 35.6 Å². The fourth-order valence-electron chi connectivity index (χ4n) is 7.90. The van der Waals surface area contributed by atoms with Gasteiger partial charge in [0, 0.05) is 13.1 Å². The maximum Gasteiger partial charge on any atom is 0.311 e. The lowest BCUT2D eigenvalue weighted by Crippen LogP contribution is -2.47. The van der Waals surface area contributed by atoms with Gasteiger partial charge in [-0.2, -0.15) is 0 Å². The van der Waals surface area contributed by atoms with Crippen molar-refractivity contribution in [1.29, 1.82) is 0 Å². The van der Waals surface area contributed by atoms with E-state index in [1.807, 2.05) is 0 Å². The minimum atomic E-state index is -0.516. The average molecular weight is 317 g/mol. The van der Waals surface area contributed by atoms with Crippen molar-refractivity contribution in [1.82, 2.24) is 4.90 Å². The van der Waals surface area contributed by atoms with Crippen LogP contribution in [0.3, 0.4) is 0 Å². The molecule has 128 valence electrons. The molecule has 0 unspecified atom stereocenters. The van der Waals surface area contributed by atoms with E-state index in [1.54, 1.807) is 0 Å². The summed E-state index contributed by atoms with van der Waals surface area (Å²) in [5.74, 6) is 3.01. The highest BCUT2D eigenvalue weighted by Gasteiger charge is 2.55. The van der Waals surface area contributed by atoms with E-state index in [9.17, 15) is 9.90 Å². The Bertz CT molecular complexity index is 480. The minimum absolute atomic E-state index is 0.387. The molecular formula is C20H31NO2. The van der Waals surface area contributed by atoms with Crippen molar-refractivity contribution in [3.63, 3.8) is 0 Å². The third-order valence-electron chi connectivity index (χ3n) is 8.49. The van der Waals surface area contributed by atoms with Crippen molar-refractivity contribution in [2.24, 2.45) is 34.5 Å². The molecule has 23 heavy (non-hydrogen) atoms. The average Bonchev–Trinajstić information content (AvgIpc) is 3.01. The molecule has 6 rings (SSSR count). The number of carboxylic acid groups (broad SMARTS) is 1. The monoisotopic (exact) mass is 317 g/mol. The maximum atomic E-state index is 11.8. The Kier molecular flexibility index (Phi) is 3.19. The summed E-state index contributed by atoms with van der Waals surface area (Å²) in [5, 5.41) is 9.76. The van der Waals surface area contributed by atoms with Gasteiger partial charge in [-0.15, -0.1) is 0 Å². The molecule has 6 fully saturated rings. The number of aliphatic carboxylic acids is 1.